The summed E-state index contributed by atoms with van der Waals surface area (Å²) in [4.78, 5) is 12.8. The number of hydrogen-bond acceptors (Lipinski definition) is 6. The summed E-state index contributed by atoms with van der Waals surface area (Å²) in [7, 11) is -2.48. The molecule has 0 N–H and O–H groups in total. The predicted molar refractivity (Wildman–Crippen MR) is 119 cm³/mol. The second-order valence-electron chi connectivity index (χ2n) is 8.93. The maximum absolute atomic E-state index is 13.4. The molecule has 33 heavy (non-hydrogen) atoms. The zero-order valence-electron chi connectivity index (χ0n) is 19.5. The Balaban J connectivity index is 1.89. The van der Waals surface area contributed by atoms with Crippen molar-refractivity contribution in [3.63, 3.8) is 0 Å². The molecular formula is C23H30F2N2O5S. The molecule has 0 fully saturated rings. The van der Waals surface area contributed by atoms with Crippen LogP contribution >= 0.6 is 0 Å². The third-order valence-corrected chi connectivity index (χ3v) is 7.42. The Morgan fingerprint density at radius 2 is 1.82 bits per heavy atom. The van der Waals surface area contributed by atoms with Crippen LogP contribution in [-0.2, 0) is 32.3 Å². The van der Waals surface area contributed by atoms with Crippen LogP contribution < -0.4 is 4.74 Å². The topological polar surface area (TPSA) is 87.5 Å². The third kappa shape index (κ3) is 5.43. The lowest BCUT2D eigenvalue weighted by molar-refractivity contribution is -0.116. The number of fused-ring (bicyclic) bond motifs is 1. The molecule has 2 heterocycles. The number of halogens is 2. The smallest absolute Gasteiger partial charge is 0.263 e. The lowest BCUT2D eigenvalue weighted by Gasteiger charge is -2.23. The summed E-state index contributed by atoms with van der Waals surface area (Å²) < 4.78 is 65.1. The number of carbonyl (C=O) groups is 1. The van der Waals surface area contributed by atoms with Gasteiger partial charge in [-0.3, -0.25) is 4.79 Å². The van der Waals surface area contributed by atoms with Gasteiger partial charge >= 0.3 is 0 Å². The molecule has 1 aliphatic rings. The van der Waals surface area contributed by atoms with Gasteiger partial charge in [-0.05, 0) is 40.7 Å². The van der Waals surface area contributed by atoms with Gasteiger partial charge in [-0.25, -0.2) is 21.9 Å². The second kappa shape index (κ2) is 9.89. The minimum Gasteiger partial charge on any atom is -0.474 e. The number of hydrogen-bond donors (Lipinski definition) is 0. The van der Waals surface area contributed by atoms with Crippen LogP contribution in [0.5, 0.6) is 5.88 Å². The van der Waals surface area contributed by atoms with Gasteiger partial charge in [0.25, 0.3) is 6.43 Å². The lowest BCUT2D eigenvalue weighted by atomic mass is 9.84. The highest BCUT2D eigenvalue weighted by Crippen LogP contribution is 2.34. The van der Waals surface area contributed by atoms with Gasteiger partial charge in [-0.15, -0.1) is 0 Å². The van der Waals surface area contributed by atoms with Gasteiger partial charge in [0, 0.05) is 19.1 Å². The SMILES string of the molecule is COC1COc2c(S(=O)(=O)CC(=O)Cc3c(C(C)C)cc(C(F)F)cc3C(C)C)cnn2C1. The van der Waals surface area contributed by atoms with Crippen LogP contribution in [0.25, 0.3) is 0 Å². The highest BCUT2D eigenvalue weighted by Gasteiger charge is 2.32. The molecule has 10 heteroatoms. The van der Waals surface area contributed by atoms with Crippen LogP contribution in [0.2, 0.25) is 0 Å². The van der Waals surface area contributed by atoms with Crippen molar-refractivity contribution >= 4 is 15.6 Å². The molecular weight excluding hydrogens is 454 g/mol. The van der Waals surface area contributed by atoms with E-state index in [1.165, 1.54) is 30.1 Å². The molecule has 182 valence electrons. The largest absolute Gasteiger partial charge is 0.474 e. The normalized spacial score (nSPS) is 16.4. The summed E-state index contributed by atoms with van der Waals surface area (Å²) in [6.45, 7) is 7.99. The fourth-order valence-electron chi connectivity index (χ4n) is 4.05. The van der Waals surface area contributed by atoms with Crippen molar-refractivity contribution in [2.45, 2.75) is 69.9 Å². The number of alkyl halides is 2. The van der Waals surface area contributed by atoms with Gasteiger partial charge in [-0.1, -0.05) is 27.7 Å². The molecule has 7 nitrogen and oxygen atoms in total. The summed E-state index contributed by atoms with van der Waals surface area (Å²) >= 11 is 0. The molecule has 0 saturated carbocycles. The van der Waals surface area contributed by atoms with E-state index in [9.17, 15) is 22.0 Å². The van der Waals surface area contributed by atoms with Crippen molar-refractivity contribution in [3.05, 3.63) is 40.6 Å². The first kappa shape index (κ1) is 25.3. The van der Waals surface area contributed by atoms with E-state index in [1.54, 1.807) is 0 Å². The van der Waals surface area contributed by atoms with Gasteiger partial charge < -0.3 is 9.47 Å². The number of ketones is 1. The van der Waals surface area contributed by atoms with E-state index in [1.807, 2.05) is 27.7 Å². The zero-order chi connectivity index (χ0) is 24.5. The summed E-state index contributed by atoms with van der Waals surface area (Å²) in [6.07, 6.45) is -1.84. The molecule has 0 spiro atoms. The molecule has 0 aliphatic carbocycles. The first-order chi connectivity index (χ1) is 15.4. The fraction of sp³-hybridized carbons (Fsp3) is 0.565. The molecule has 1 aromatic carbocycles. The Labute approximate surface area is 193 Å². The van der Waals surface area contributed by atoms with E-state index < -0.39 is 27.8 Å². The van der Waals surface area contributed by atoms with Gasteiger partial charge in [0.1, 0.15) is 23.4 Å². The Hall–Kier alpha value is -2.33. The Morgan fingerprint density at radius 3 is 2.33 bits per heavy atom. The van der Waals surface area contributed by atoms with E-state index in [2.05, 4.69) is 5.10 Å². The zero-order valence-corrected chi connectivity index (χ0v) is 20.3. The molecule has 0 amide bonds. The van der Waals surface area contributed by atoms with E-state index in [4.69, 9.17) is 9.47 Å². The number of aromatic nitrogens is 2. The van der Waals surface area contributed by atoms with Crippen LogP contribution in [0.3, 0.4) is 0 Å². The van der Waals surface area contributed by atoms with Crippen molar-refractivity contribution in [1.29, 1.82) is 0 Å². The summed E-state index contributed by atoms with van der Waals surface area (Å²) in [5.41, 5.74) is 1.81. The maximum atomic E-state index is 13.4. The van der Waals surface area contributed by atoms with Crippen LogP contribution in [0.15, 0.2) is 23.2 Å². The van der Waals surface area contributed by atoms with Crippen molar-refractivity contribution in [2.24, 2.45) is 0 Å². The number of Topliss-reactive ketones (excluding diaryl/α,β-unsaturated/α-hetero) is 1. The van der Waals surface area contributed by atoms with Crippen LogP contribution in [0, 0.1) is 0 Å². The van der Waals surface area contributed by atoms with Crippen molar-refractivity contribution < 1.29 is 31.5 Å². The fourth-order valence-corrected chi connectivity index (χ4v) is 5.37. The van der Waals surface area contributed by atoms with E-state index in [-0.39, 0.29) is 47.3 Å². The quantitative estimate of drug-likeness (QED) is 0.534. The summed E-state index contributed by atoms with van der Waals surface area (Å²) in [5, 5.41) is 4.06. The molecule has 1 unspecified atom stereocenters. The van der Waals surface area contributed by atoms with Crippen molar-refractivity contribution in [2.75, 3.05) is 19.5 Å². The number of sulfone groups is 1. The van der Waals surface area contributed by atoms with Crippen LogP contribution in [-0.4, -0.2) is 49.6 Å². The minimum atomic E-state index is -4.01. The highest BCUT2D eigenvalue weighted by molar-refractivity contribution is 7.92. The molecule has 1 aromatic heterocycles. The average molecular weight is 485 g/mol. The number of ether oxygens (including phenoxy) is 2. The number of nitrogens with zero attached hydrogens (tertiary/aromatic N) is 2. The second-order valence-corrected chi connectivity index (χ2v) is 10.9. The Morgan fingerprint density at radius 1 is 1.21 bits per heavy atom. The van der Waals surface area contributed by atoms with Gasteiger partial charge in [0.2, 0.25) is 5.88 Å². The molecule has 3 rings (SSSR count). The number of methoxy groups -OCH3 is 1. The van der Waals surface area contributed by atoms with Crippen LogP contribution in [0.1, 0.15) is 68.2 Å². The van der Waals surface area contributed by atoms with Gasteiger partial charge in [-0.2, -0.15) is 5.10 Å². The molecule has 0 bridgehead atoms. The summed E-state index contributed by atoms with van der Waals surface area (Å²) in [6, 6.07) is 2.85. The minimum absolute atomic E-state index is 0.0933. The monoisotopic (exact) mass is 484 g/mol. The summed E-state index contributed by atoms with van der Waals surface area (Å²) in [5.74, 6) is -1.36. The highest BCUT2D eigenvalue weighted by atomic mass is 32.2. The number of carbonyl (C=O) groups excluding carboxylic acids is 1. The number of benzene rings is 1. The lowest BCUT2D eigenvalue weighted by Crippen LogP contribution is -2.32. The standard InChI is InChI=1S/C23H30F2N2O5S/c1-13(2)18-6-15(22(24)25)7-19(14(3)4)20(18)8-16(28)12-33(29,30)21-9-26-27-10-17(31-5)11-32-23(21)27/h6-7,9,13-14,17,22H,8,10-12H2,1-5H3. The van der Waals surface area contributed by atoms with E-state index >= 15 is 0 Å². The van der Waals surface area contributed by atoms with E-state index in [0.29, 0.717) is 23.2 Å². The first-order valence-corrected chi connectivity index (χ1v) is 12.5. The average Bonchev–Trinajstić information content (AvgIpc) is 3.16. The Bertz CT molecular complexity index is 1100. The first-order valence-electron chi connectivity index (χ1n) is 10.8. The van der Waals surface area contributed by atoms with Crippen molar-refractivity contribution in [3.8, 4) is 5.88 Å². The Kier molecular flexibility index (Phi) is 7.58. The molecule has 2 aromatic rings. The molecule has 1 atom stereocenters. The maximum Gasteiger partial charge on any atom is 0.263 e. The van der Waals surface area contributed by atoms with Crippen LogP contribution in [0.4, 0.5) is 8.78 Å². The molecule has 0 radical (unpaired) electrons. The van der Waals surface area contributed by atoms with Gasteiger partial charge in [0.15, 0.2) is 15.6 Å². The van der Waals surface area contributed by atoms with E-state index in [0.717, 1.165) is 0 Å². The number of rotatable bonds is 9. The third-order valence-electron chi connectivity index (χ3n) is 5.77. The van der Waals surface area contributed by atoms with Crippen molar-refractivity contribution in [1.82, 2.24) is 9.78 Å². The van der Waals surface area contributed by atoms with Gasteiger partial charge in [0.05, 0.1) is 12.7 Å². The molecule has 0 saturated heterocycles. The predicted octanol–water partition coefficient (Wildman–Crippen LogP) is 4.06. The molecule has 1 aliphatic heterocycles.